The fourth-order valence-corrected chi connectivity index (χ4v) is 4.34. The van der Waals surface area contributed by atoms with Crippen molar-refractivity contribution in [1.29, 1.82) is 0 Å². The van der Waals surface area contributed by atoms with E-state index < -0.39 is 11.7 Å². The molecule has 3 aromatic rings. The Bertz CT molecular complexity index is 1160. The molecule has 2 aliphatic rings. The summed E-state index contributed by atoms with van der Waals surface area (Å²) in [6, 6.07) is 6.70. The third-order valence-corrected chi connectivity index (χ3v) is 6.34. The molecule has 0 radical (unpaired) electrons. The fourth-order valence-electron chi connectivity index (χ4n) is 4.34. The van der Waals surface area contributed by atoms with Gasteiger partial charge in [0.25, 0.3) is 5.91 Å². The number of hydrogen-bond acceptors (Lipinski definition) is 6. The van der Waals surface area contributed by atoms with Crippen LogP contribution < -0.4 is 22.1 Å². The molecule has 2 heterocycles. The highest BCUT2D eigenvalue weighted by Gasteiger charge is 2.25. The SMILES string of the molecule is NC(=O)c1cc(F)c(NC2CCCCC2N)nc1Nc1ccc2nn(CC3CC3)cc2c1. The van der Waals surface area contributed by atoms with E-state index in [1.54, 1.807) is 0 Å². The summed E-state index contributed by atoms with van der Waals surface area (Å²) in [6.45, 7) is 0.932. The molecule has 2 unspecified atom stereocenters. The van der Waals surface area contributed by atoms with Gasteiger partial charge >= 0.3 is 0 Å². The minimum atomic E-state index is -0.752. The van der Waals surface area contributed by atoms with Crippen molar-refractivity contribution in [3.05, 3.63) is 41.8 Å². The Kier molecular flexibility index (Phi) is 5.42. The number of halogens is 1. The molecule has 2 atom stereocenters. The minimum Gasteiger partial charge on any atom is -0.365 e. The second-order valence-electron chi connectivity index (χ2n) is 8.97. The predicted octanol–water partition coefficient (Wildman–Crippen LogP) is 3.50. The van der Waals surface area contributed by atoms with Gasteiger partial charge in [-0.05, 0) is 55.9 Å². The number of aromatic nitrogens is 3. The summed E-state index contributed by atoms with van der Waals surface area (Å²) in [7, 11) is 0. The number of hydrogen-bond donors (Lipinski definition) is 4. The van der Waals surface area contributed by atoms with E-state index in [9.17, 15) is 9.18 Å². The van der Waals surface area contributed by atoms with Crippen molar-refractivity contribution in [2.24, 2.45) is 17.4 Å². The summed E-state index contributed by atoms with van der Waals surface area (Å²) in [6.07, 6.45) is 8.38. The highest BCUT2D eigenvalue weighted by Crippen LogP contribution is 2.31. The molecule has 2 saturated carbocycles. The number of pyridine rings is 1. The van der Waals surface area contributed by atoms with Gasteiger partial charge in [-0.2, -0.15) is 5.10 Å². The number of fused-ring (bicyclic) bond motifs is 1. The first-order valence-electron chi connectivity index (χ1n) is 11.2. The van der Waals surface area contributed by atoms with Crippen LogP contribution in [0.5, 0.6) is 0 Å². The average Bonchev–Trinajstić information content (AvgIpc) is 3.48. The van der Waals surface area contributed by atoms with Gasteiger partial charge in [-0.1, -0.05) is 12.8 Å². The van der Waals surface area contributed by atoms with E-state index in [4.69, 9.17) is 11.5 Å². The van der Waals surface area contributed by atoms with Gasteiger partial charge < -0.3 is 22.1 Å². The van der Waals surface area contributed by atoms with Gasteiger partial charge in [-0.3, -0.25) is 9.48 Å². The maximum Gasteiger partial charge on any atom is 0.252 e. The lowest BCUT2D eigenvalue weighted by Crippen LogP contribution is -2.43. The molecule has 8 nitrogen and oxygen atoms in total. The van der Waals surface area contributed by atoms with Gasteiger partial charge in [-0.15, -0.1) is 0 Å². The number of nitrogens with two attached hydrogens (primary N) is 2. The molecule has 1 amide bonds. The topological polar surface area (TPSA) is 124 Å². The summed E-state index contributed by atoms with van der Waals surface area (Å²) in [5.41, 5.74) is 13.3. The molecule has 0 saturated heterocycles. The number of carbonyl (C=O) groups excluding carboxylic acids is 1. The average molecular weight is 438 g/mol. The lowest BCUT2D eigenvalue weighted by Gasteiger charge is -2.30. The van der Waals surface area contributed by atoms with Crippen LogP contribution in [0.2, 0.25) is 0 Å². The van der Waals surface area contributed by atoms with Crippen LogP contribution in [0.15, 0.2) is 30.5 Å². The maximum atomic E-state index is 14.7. The molecule has 0 spiro atoms. The third kappa shape index (κ3) is 4.38. The molecule has 9 heteroatoms. The summed E-state index contributed by atoms with van der Waals surface area (Å²) >= 11 is 0. The highest BCUT2D eigenvalue weighted by atomic mass is 19.1. The predicted molar refractivity (Wildman–Crippen MR) is 122 cm³/mol. The van der Waals surface area contributed by atoms with Crippen molar-refractivity contribution in [2.45, 2.75) is 57.2 Å². The van der Waals surface area contributed by atoms with Crippen molar-refractivity contribution in [3.8, 4) is 0 Å². The molecule has 1 aromatic carbocycles. The molecular weight excluding hydrogens is 409 g/mol. The zero-order chi connectivity index (χ0) is 22.2. The third-order valence-electron chi connectivity index (χ3n) is 6.34. The summed E-state index contributed by atoms with van der Waals surface area (Å²) < 4.78 is 16.7. The number of benzene rings is 1. The monoisotopic (exact) mass is 437 g/mol. The largest absolute Gasteiger partial charge is 0.365 e. The number of anilines is 3. The number of nitrogens with one attached hydrogen (secondary N) is 2. The van der Waals surface area contributed by atoms with Crippen molar-refractivity contribution in [3.63, 3.8) is 0 Å². The van der Waals surface area contributed by atoms with Crippen LogP contribution in [0.1, 0.15) is 48.9 Å². The quantitative estimate of drug-likeness (QED) is 0.448. The number of amides is 1. The number of primary amides is 1. The van der Waals surface area contributed by atoms with E-state index in [-0.39, 0.29) is 29.3 Å². The van der Waals surface area contributed by atoms with Crippen LogP contribution in [-0.2, 0) is 6.54 Å². The maximum absolute atomic E-state index is 14.7. The van der Waals surface area contributed by atoms with Crippen LogP contribution in [-0.4, -0.2) is 32.8 Å². The second-order valence-corrected chi connectivity index (χ2v) is 8.97. The first kappa shape index (κ1) is 20.7. The second kappa shape index (κ2) is 8.38. The minimum absolute atomic E-state index is 0.00878. The number of carbonyl (C=O) groups is 1. The van der Waals surface area contributed by atoms with Gasteiger partial charge in [0, 0.05) is 35.9 Å². The molecule has 6 N–H and O–H groups in total. The normalized spacial score (nSPS) is 20.9. The van der Waals surface area contributed by atoms with Crippen LogP contribution in [0.4, 0.5) is 21.7 Å². The van der Waals surface area contributed by atoms with Crippen LogP contribution in [0.25, 0.3) is 10.9 Å². The van der Waals surface area contributed by atoms with E-state index in [1.165, 1.54) is 12.8 Å². The van der Waals surface area contributed by atoms with E-state index in [0.29, 0.717) is 5.69 Å². The number of nitrogens with zero attached hydrogens (tertiary/aromatic N) is 3. The first-order valence-corrected chi connectivity index (χ1v) is 11.2. The molecule has 0 bridgehead atoms. The van der Waals surface area contributed by atoms with Crippen molar-refractivity contribution < 1.29 is 9.18 Å². The van der Waals surface area contributed by atoms with Crippen LogP contribution >= 0.6 is 0 Å². The van der Waals surface area contributed by atoms with E-state index in [1.807, 2.05) is 29.1 Å². The van der Waals surface area contributed by atoms with Crippen LogP contribution in [0.3, 0.4) is 0 Å². The van der Waals surface area contributed by atoms with E-state index in [2.05, 4.69) is 20.7 Å². The molecule has 168 valence electrons. The summed E-state index contributed by atoms with van der Waals surface area (Å²) in [5.74, 6) is -0.377. The van der Waals surface area contributed by atoms with Gasteiger partial charge in [0.15, 0.2) is 11.6 Å². The zero-order valence-corrected chi connectivity index (χ0v) is 17.9. The van der Waals surface area contributed by atoms with Crippen molar-refractivity contribution in [2.75, 3.05) is 10.6 Å². The summed E-state index contributed by atoms with van der Waals surface area (Å²) in [4.78, 5) is 16.3. The molecule has 2 aliphatic carbocycles. The Morgan fingerprint density at radius 2 is 1.97 bits per heavy atom. The Morgan fingerprint density at radius 3 is 2.72 bits per heavy atom. The molecule has 2 fully saturated rings. The Hall–Kier alpha value is -3.20. The van der Waals surface area contributed by atoms with Gasteiger partial charge in [-0.25, -0.2) is 9.37 Å². The standard InChI is InChI=1S/C23H28FN7O/c24-17-10-16(21(26)32)22(29-23(17)28-20-4-2-1-3-18(20)25)27-15-7-8-19-14(9-15)12-31(30-19)11-13-5-6-13/h7-10,12-13,18,20H,1-6,11,25H2,(H2,26,32)(H2,27,28,29). The van der Waals surface area contributed by atoms with Gasteiger partial charge in [0.1, 0.15) is 5.82 Å². The lowest BCUT2D eigenvalue weighted by molar-refractivity contribution is 0.100. The Balaban J connectivity index is 1.42. The van der Waals surface area contributed by atoms with Gasteiger partial charge in [0.2, 0.25) is 0 Å². The first-order chi connectivity index (χ1) is 15.5. The van der Waals surface area contributed by atoms with Crippen molar-refractivity contribution in [1.82, 2.24) is 14.8 Å². The Morgan fingerprint density at radius 1 is 1.16 bits per heavy atom. The fraction of sp³-hybridized carbons (Fsp3) is 0.435. The van der Waals surface area contributed by atoms with E-state index in [0.717, 1.165) is 55.1 Å². The van der Waals surface area contributed by atoms with Crippen LogP contribution in [0, 0.1) is 11.7 Å². The molecule has 0 aliphatic heterocycles. The van der Waals surface area contributed by atoms with Crippen molar-refractivity contribution >= 4 is 34.1 Å². The van der Waals surface area contributed by atoms with E-state index >= 15 is 0 Å². The molecule has 32 heavy (non-hydrogen) atoms. The zero-order valence-electron chi connectivity index (χ0n) is 17.9. The lowest BCUT2D eigenvalue weighted by atomic mass is 9.91. The summed E-state index contributed by atoms with van der Waals surface area (Å²) in [5, 5.41) is 11.9. The smallest absolute Gasteiger partial charge is 0.252 e. The molecule has 5 rings (SSSR count). The Labute approximate surface area is 185 Å². The number of rotatable bonds is 7. The molecule has 2 aromatic heterocycles. The van der Waals surface area contributed by atoms with Gasteiger partial charge in [0.05, 0.1) is 11.1 Å². The highest BCUT2D eigenvalue weighted by molar-refractivity contribution is 5.99. The molecular formula is C23H28FN7O.